The minimum absolute atomic E-state index is 0.0507. The second-order valence-electron chi connectivity index (χ2n) is 5.20. The highest BCUT2D eigenvalue weighted by molar-refractivity contribution is 7.21. The molecule has 1 aliphatic heterocycles. The summed E-state index contributed by atoms with van der Waals surface area (Å²) in [6.07, 6.45) is 0. The Bertz CT molecular complexity index is 1050. The van der Waals surface area contributed by atoms with Crippen molar-refractivity contribution in [1.82, 2.24) is 4.98 Å². The first-order valence-electron chi connectivity index (χ1n) is 6.99. The molecule has 108 valence electrons. The highest BCUT2D eigenvalue weighted by Gasteiger charge is 2.20. The Morgan fingerprint density at radius 2 is 1.91 bits per heavy atom. The molecular weight excluding hydrogens is 294 g/mol. The number of benzene rings is 3. The van der Waals surface area contributed by atoms with Gasteiger partial charge in [0.05, 0.1) is 33.3 Å². The molecule has 0 radical (unpaired) electrons. The number of ether oxygens (including phenoxy) is 1. The van der Waals surface area contributed by atoms with Crippen molar-refractivity contribution >= 4 is 32.3 Å². The van der Waals surface area contributed by atoms with Gasteiger partial charge in [0.15, 0.2) is 5.43 Å². The lowest BCUT2D eigenvalue weighted by molar-refractivity contribution is 0.420. The minimum Gasteiger partial charge on any atom is -0.496 e. The van der Waals surface area contributed by atoms with E-state index in [0.717, 1.165) is 31.7 Å². The molecular formula is C18H13NO2S. The molecule has 2 aromatic carbocycles. The van der Waals surface area contributed by atoms with E-state index in [-0.39, 0.29) is 5.43 Å². The third-order valence-corrected chi connectivity index (χ3v) is 5.20. The van der Waals surface area contributed by atoms with Gasteiger partial charge in [0.25, 0.3) is 0 Å². The van der Waals surface area contributed by atoms with Crippen LogP contribution in [0.15, 0.2) is 47.3 Å². The SMILES string of the molecule is COc1cccc2c(=O)c(C)c3sc4ccccc4nc-3c12. The van der Waals surface area contributed by atoms with Crippen molar-refractivity contribution in [3.8, 4) is 16.3 Å². The Balaban J connectivity index is 2.33. The van der Waals surface area contributed by atoms with Crippen LogP contribution >= 0.6 is 11.3 Å². The maximum atomic E-state index is 12.7. The molecule has 22 heavy (non-hydrogen) atoms. The Morgan fingerprint density at radius 1 is 1.09 bits per heavy atom. The third kappa shape index (κ3) is 1.74. The normalized spacial score (nSPS) is 11.4. The smallest absolute Gasteiger partial charge is 0.191 e. The van der Waals surface area contributed by atoms with Gasteiger partial charge in [-0.3, -0.25) is 4.79 Å². The Morgan fingerprint density at radius 3 is 2.73 bits per heavy atom. The molecule has 0 spiro atoms. The van der Waals surface area contributed by atoms with Crippen LogP contribution in [0.4, 0.5) is 0 Å². The molecule has 0 aromatic heterocycles. The highest BCUT2D eigenvalue weighted by Crippen LogP contribution is 2.39. The van der Waals surface area contributed by atoms with E-state index in [1.165, 1.54) is 0 Å². The lowest BCUT2D eigenvalue weighted by atomic mass is 10.0. The molecule has 0 saturated carbocycles. The first kappa shape index (κ1) is 13.2. The fourth-order valence-electron chi connectivity index (χ4n) is 2.83. The van der Waals surface area contributed by atoms with Crippen LogP contribution in [0.25, 0.3) is 31.6 Å². The van der Waals surface area contributed by atoms with Gasteiger partial charge in [-0.25, -0.2) is 4.98 Å². The number of hydrogen-bond acceptors (Lipinski definition) is 4. The van der Waals surface area contributed by atoms with Crippen LogP contribution in [0.3, 0.4) is 0 Å². The van der Waals surface area contributed by atoms with E-state index in [1.807, 2.05) is 49.4 Å². The Hall–Kier alpha value is -2.46. The van der Waals surface area contributed by atoms with Gasteiger partial charge in [-0.05, 0) is 25.1 Å². The second kappa shape index (κ2) is 4.78. The zero-order chi connectivity index (χ0) is 15.3. The van der Waals surface area contributed by atoms with Crippen molar-refractivity contribution in [2.45, 2.75) is 6.92 Å². The third-order valence-electron chi connectivity index (χ3n) is 3.93. The molecule has 0 bridgehead atoms. The molecule has 0 N–H and O–H groups in total. The van der Waals surface area contributed by atoms with Crippen LogP contribution in [-0.4, -0.2) is 12.1 Å². The lowest BCUT2D eigenvalue weighted by Gasteiger charge is -2.14. The molecule has 0 saturated heterocycles. The second-order valence-corrected chi connectivity index (χ2v) is 6.25. The summed E-state index contributed by atoms with van der Waals surface area (Å²) in [5.74, 6) is 0.689. The largest absolute Gasteiger partial charge is 0.496 e. The number of rotatable bonds is 1. The van der Waals surface area contributed by atoms with Gasteiger partial charge >= 0.3 is 0 Å². The van der Waals surface area contributed by atoms with Crippen LogP contribution in [0.5, 0.6) is 5.75 Å². The zero-order valence-corrected chi connectivity index (χ0v) is 13.0. The van der Waals surface area contributed by atoms with E-state index in [4.69, 9.17) is 9.72 Å². The van der Waals surface area contributed by atoms with Gasteiger partial charge in [0.2, 0.25) is 0 Å². The van der Waals surface area contributed by atoms with Crippen LogP contribution in [0.2, 0.25) is 0 Å². The van der Waals surface area contributed by atoms with Gasteiger partial charge in [-0.1, -0.05) is 24.3 Å². The van der Waals surface area contributed by atoms with Crippen molar-refractivity contribution in [3.63, 3.8) is 0 Å². The van der Waals surface area contributed by atoms with E-state index in [1.54, 1.807) is 18.4 Å². The summed E-state index contributed by atoms with van der Waals surface area (Å²) in [6.45, 7) is 1.87. The standard InChI is InChI=1S/C18H13NO2S/c1-10-17(20)11-6-5-8-13(21-2)15(11)16-18(10)22-14-9-4-3-7-12(14)19-16/h3-9H,1-2H3. The summed E-state index contributed by atoms with van der Waals surface area (Å²) in [5, 5.41) is 1.47. The fourth-order valence-corrected chi connectivity index (χ4v) is 3.90. The predicted octanol–water partition coefficient (Wildman–Crippen LogP) is 4.23. The Labute approximate surface area is 131 Å². The number of aromatic nitrogens is 1. The topological polar surface area (TPSA) is 39.2 Å². The van der Waals surface area contributed by atoms with Crippen molar-refractivity contribution in [2.24, 2.45) is 0 Å². The first-order valence-corrected chi connectivity index (χ1v) is 7.81. The molecule has 2 aromatic rings. The van der Waals surface area contributed by atoms with Gasteiger partial charge < -0.3 is 4.74 Å². The van der Waals surface area contributed by atoms with Gasteiger partial charge in [0, 0.05) is 10.9 Å². The number of fused-ring (bicyclic) bond motifs is 4. The molecule has 2 aliphatic rings. The number of nitrogens with zero attached hydrogens (tertiary/aromatic N) is 1. The van der Waals surface area contributed by atoms with Crippen LogP contribution in [-0.2, 0) is 0 Å². The van der Waals surface area contributed by atoms with Crippen LogP contribution < -0.4 is 10.2 Å². The van der Waals surface area contributed by atoms with Crippen molar-refractivity contribution in [3.05, 3.63) is 58.3 Å². The molecule has 1 aliphatic carbocycles. The van der Waals surface area contributed by atoms with Crippen LogP contribution in [0.1, 0.15) is 5.56 Å². The summed E-state index contributed by atoms with van der Waals surface area (Å²) in [6, 6.07) is 13.5. The average molecular weight is 307 g/mol. The van der Waals surface area contributed by atoms with E-state index >= 15 is 0 Å². The molecule has 0 unspecified atom stereocenters. The summed E-state index contributed by atoms with van der Waals surface area (Å²) < 4.78 is 6.54. The quantitative estimate of drug-likeness (QED) is 0.390. The summed E-state index contributed by atoms with van der Waals surface area (Å²) in [5.41, 5.74) is 2.58. The summed E-state index contributed by atoms with van der Waals surface area (Å²) in [4.78, 5) is 18.4. The zero-order valence-electron chi connectivity index (χ0n) is 12.2. The molecule has 1 heterocycles. The Kier molecular flexibility index (Phi) is 2.87. The molecule has 0 fully saturated rings. The number of methoxy groups -OCH3 is 1. The number of hydrogen-bond donors (Lipinski definition) is 0. The maximum Gasteiger partial charge on any atom is 0.191 e. The van der Waals surface area contributed by atoms with Gasteiger partial charge in [-0.2, -0.15) is 0 Å². The lowest BCUT2D eigenvalue weighted by Crippen LogP contribution is -2.09. The van der Waals surface area contributed by atoms with E-state index < -0.39 is 0 Å². The van der Waals surface area contributed by atoms with Crippen LogP contribution in [0, 0.1) is 6.92 Å². The van der Waals surface area contributed by atoms with E-state index in [0.29, 0.717) is 11.1 Å². The highest BCUT2D eigenvalue weighted by atomic mass is 32.1. The van der Waals surface area contributed by atoms with Crippen molar-refractivity contribution in [2.75, 3.05) is 7.11 Å². The van der Waals surface area contributed by atoms with Gasteiger partial charge in [0.1, 0.15) is 5.75 Å². The summed E-state index contributed by atoms with van der Waals surface area (Å²) >= 11 is 1.61. The number of para-hydroxylation sites is 1. The molecule has 0 amide bonds. The van der Waals surface area contributed by atoms with Crippen molar-refractivity contribution in [1.29, 1.82) is 0 Å². The molecule has 3 nitrogen and oxygen atoms in total. The average Bonchev–Trinajstić information content (AvgIpc) is 2.57. The van der Waals surface area contributed by atoms with Gasteiger partial charge in [-0.15, -0.1) is 11.3 Å². The van der Waals surface area contributed by atoms with E-state index in [2.05, 4.69) is 0 Å². The minimum atomic E-state index is 0.0507. The maximum absolute atomic E-state index is 12.7. The summed E-state index contributed by atoms with van der Waals surface area (Å²) in [7, 11) is 1.62. The van der Waals surface area contributed by atoms with Crippen molar-refractivity contribution < 1.29 is 4.74 Å². The monoisotopic (exact) mass is 307 g/mol. The molecule has 0 atom stereocenters. The first-order chi connectivity index (χ1) is 10.7. The van der Waals surface area contributed by atoms with E-state index in [9.17, 15) is 4.79 Å². The molecule has 4 heteroatoms. The fraction of sp³-hybridized carbons (Fsp3) is 0.111. The predicted molar refractivity (Wildman–Crippen MR) is 91.3 cm³/mol. The molecule has 4 rings (SSSR count).